The Kier molecular flexibility index (Phi) is 6.13. The van der Waals surface area contributed by atoms with Crippen LogP contribution in [0.25, 0.3) is 0 Å². The number of benzene rings is 2. The van der Waals surface area contributed by atoms with Crippen molar-refractivity contribution < 1.29 is 23.5 Å². The van der Waals surface area contributed by atoms with Gasteiger partial charge in [-0.25, -0.2) is 14.6 Å². The minimum absolute atomic E-state index is 0.205. The van der Waals surface area contributed by atoms with Crippen molar-refractivity contribution in [2.45, 2.75) is 0 Å². The number of thiophene rings is 1. The minimum atomic E-state index is -0.636. The highest BCUT2D eigenvalue weighted by molar-refractivity contribution is 7.12. The molecule has 2 aromatic carbocycles. The third-order valence-corrected chi connectivity index (χ3v) is 4.46. The molecule has 142 valence electrons. The summed E-state index contributed by atoms with van der Waals surface area (Å²) >= 11 is 1.31. The van der Waals surface area contributed by atoms with E-state index in [9.17, 15) is 14.0 Å². The van der Waals surface area contributed by atoms with Gasteiger partial charge in [-0.2, -0.15) is 5.10 Å². The molecule has 0 aliphatic rings. The zero-order valence-electron chi connectivity index (χ0n) is 14.7. The van der Waals surface area contributed by atoms with E-state index < -0.39 is 11.8 Å². The fourth-order valence-corrected chi connectivity index (χ4v) is 2.84. The van der Waals surface area contributed by atoms with Crippen molar-refractivity contribution >= 4 is 29.4 Å². The van der Waals surface area contributed by atoms with Crippen molar-refractivity contribution in [2.75, 3.05) is 7.11 Å². The van der Waals surface area contributed by atoms with E-state index in [4.69, 9.17) is 9.47 Å². The lowest BCUT2D eigenvalue weighted by atomic mass is 10.2. The van der Waals surface area contributed by atoms with Crippen LogP contribution >= 0.6 is 11.3 Å². The Bertz CT molecular complexity index is 1000. The number of esters is 1. The van der Waals surface area contributed by atoms with Crippen molar-refractivity contribution in [3.8, 4) is 11.5 Å². The smallest absolute Gasteiger partial charge is 0.343 e. The van der Waals surface area contributed by atoms with Crippen LogP contribution in [0.2, 0.25) is 0 Å². The first kappa shape index (κ1) is 19.2. The van der Waals surface area contributed by atoms with Crippen molar-refractivity contribution in [1.29, 1.82) is 0 Å². The molecular formula is C20H15FN2O4S. The molecule has 0 fully saturated rings. The average molecular weight is 398 g/mol. The molecule has 8 heteroatoms. The summed E-state index contributed by atoms with van der Waals surface area (Å²) in [4.78, 5) is 24.5. The number of amides is 1. The van der Waals surface area contributed by atoms with Gasteiger partial charge in [0.2, 0.25) is 0 Å². The first-order valence-corrected chi connectivity index (χ1v) is 8.97. The van der Waals surface area contributed by atoms with E-state index in [1.807, 2.05) is 0 Å². The molecule has 6 nitrogen and oxygen atoms in total. The summed E-state index contributed by atoms with van der Waals surface area (Å²) in [5.41, 5.74) is 3.27. The van der Waals surface area contributed by atoms with Crippen molar-refractivity contribution in [2.24, 2.45) is 5.10 Å². The second-order valence-electron chi connectivity index (χ2n) is 5.48. The molecule has 0 atom stereocenters. The number of nitrogens with one attached hydrogen (secondary N) is 1. The monoisotopic (exact) mass is 398 g/mol. The third-order valence-electron chi connectivity index (χ3n) is 3.59. The number of carbonyl (C=O) groups is 2. The predicted molar refractivity (Wildman–Crippen MR) is 104 cm³/mol. The van der Waals surface area contributed by atoms with Gasteiger partial charge in [-0.3, -0.25) is 4.79 Å². The van der Waals surface area contributed by atoms with Crippen LogP contribution in [0.3, 0.4) is 0 Å². The van der Waals surface area contributed by atoms with Gasteiger partial charge >= 0.3 is 5.97 Å². The Morgan fingerprint density at radius 1 is 1.11 bits per heavy atom. The van der Waals surface area contributed by atoms with Crippen molar-refractivity contribution in [1.82, 2.24) is 5.43 Å². The molecule has 28 heavy (non-hydrogen) atoms. The summed E-state index contributed by atoms with van der Waals surface area (Å²) in [6.45, 7) is 0. The van der Waals surface area contributed by atoms with Crippen LogP contribution in [0.4, 0.5) is 4.39 Å². The van der Waals surface area contributed by atoms with Gasteiger partial charge in [-0.05, 0) is 59.5 Å². The Hall–Kier alpha value is -3.52. The first-order valence-electron chi connectivity index (χ1n) is 8.09. The number of rotatable bonds is 6. The fourth-order valence-electron chi connectivity index (χ4n) is 2.22. The molecule has 0 aliphatic heterocycles. The molecule has 1 aromatic heterocycles. The molecule has 0 radical (unpaired) electrons. The van der Waals surface area contributed by atoms with Gasteiger partial charge in [0.15, 0.2) is 11.5 Å². The van der Waals surface area contributed by atoms with Crippen molar-refractivity contribution in [3.05, 3.63) is 81.8 Å². The molecule has 0 bridgehead atoms. The average Bonchev–Trinajstić information content (AvgIpc) is 3.24. The summed E-state index contributed by atoms with van der Waals surface area (Å²) in [5, 5.41) is 5.70. The quantitative estimate of drug-likeness (QED) is 0.296. The summed E-state index contributed by atoms with van der Waals surface area (Å²) in [6, 6.07) is 13.3. The minimum Gasteiger partial charge on any atom is -0.493 e. The maximum Gasteiger partial charge on any atom is 0.343 e. The van der Waals surface area contributed by atoms with Gasteiger partial charge in [0.1, 0.15) is 5.82 Å². The van der Waals surface area contributed by atoms with Crippen LogP contribution in [0.5, 0.6) is 11.5 Å². The van der Waals surface area contributed by atoms with E-state index in [2.05, 4.69) is 10.5 Å². The molecule has 1 amide bonds. The van der Waals surface area contributed by atoms with E-state index in [1.54, 1.807) is 35.7 Å². The molecule has 1 heterocycles. The van der Waals surface area contributed by atoms with E-state index >= 15 is 0 Å². The van der Waals surface area contributed by atoms with Crippen LogP contribution in [-0.4, -0.2) is 25.2 Å². The number of ether oxygens (including phenoxy) is 2. The topological polar surface area (TPSA) is 77.0 Å². The van der Waals surface area contributed by atoms with Crippen LogP contribution in [-0.2, 0) is 0 Å². The Labute approximate surface area is 164 Å². The molecule has 0 unspecified atom stereocenters. The maximum atomic E-state index is 13.0. The van der Waals surface area contributed by atoms with Crippen LogP contribution in [0.15, 0.2) is 65.1 Å². The van der Waals surface area contributed by atoms with E-state index in [0.717, 1.165) is 0 Å². The summed E-state index contributed by atoms with van der Waals surface area (Å²) < 4.78 is 23.5. The maximum absolute atomic E-state index is 13.0. The molecule has 1 N–H and O–H groups in total. The zero-order valence-corrected chi connectivity index (χ0v) is 15.5. The first-order chi connectivity index (χ1) is 13.6. The second-order valence-corrected chi connectivity index (χ2v) is 6.43. The largest absolute Gasteiger partial charge is 0.493 e. The van der Waals surface area contributed by atoms with Gasteiger partial charge in [0.25, 0.3) is 5.91 Å². The molecular weight excluding hydrogens is 383 g/mol. The molecule has 3 aromatic rings. The highest BCUT2D eigenvalue weighted by atomic mass is 32.1. The normalized spacial score (nSPS) is 10.6. The Morgan fingerprint density at radius 2 is 1.89 bits per heavy atom. The Balaban J connectivity index is 1.67. The second kappa shape index (κ2) is 8.92. The zero-order chi connectivity index (χ0) is 19.9. The van der Waals surface area contributed by atoms with Gasteiger partial charge in [0, 0.05) is 0 Å². The van der Waals surface area contributed by atoms with Crippen LogP contribution in [0, 0.1) is 5.82 Å². The van der Waals surface area contributed by atoms with Gasteiger partial charge in [-0.1, -0.05) is 6.07 Å². The number of methoxy groups -OCH3 is 1. The number of halogens is 1. The standard InChI is InChI=1S/C20H15FN2O4S/c1-26-17-11-13(12-22-23-19(24)18-3-2-10-28-18)4-9-16(17)27-20(25)14-5-7-15(21)8-6-14/h2-12H,1H3,(H,23,24)/b22-12-. The van der Waals surface area contributed by atoms with Crippen molar-refractivity contribution in [3.63, 3.8) is 0 Å². The van der Waals surface area contributed by atoms with E-state index in [1.165, 1.54) is 48.9 Å². The molecule has 3 rings (SSSR count). The van der Waals surface area contributed by atoms with Gasteiger partial charge in [-0.15, -0.1) is 11.3 Å². The van der Waals surface area contributed by atoms with Gasteiger partial charge < -0.3 is 9.47 Å². The van der Waals surface area contributed by atoms with Crippen LogP contribution < -0.4 is 14.9 Å². The number of carbonyl (C=O) groups excluding carboxylic acids is 2. The number of nitrogens with zero attached hydrogens (tertiary/aromatic N) is 1. The summed E-state index contributed by atoms with van der Waals surface area (Å²) in [5.74, 6) is -0.865. The summed E-state index contributed by atoms with van der Waals surface area (Å²) in [6.07, 6.45) is 1.44. The molecule has 0 saturated heterocycles. The number of hydrogen-bond acceptors (Lipinski definition) is 6. The predicted octanol–water partition coefficient (Wildman–Crippen LogP) is 3.88. The van der Waals surface area contributed by atoms with E-state index in [0.29, 0.717) is 16.2 Å². The highest BCUT2D eigenvalue weighted by Gasteiger charge is 2.13. The lowest BCUT2D eigenvalue weighted by molar-refractivity contribution is 0.0729. The number of hydrogen-bond donors (Lipinski definition) is 1. The SMILES string of the molecule is COc1cc(/C=N\NC(=O)c2cccs2)ccc1OC(=O)c1ccc(F)cc1. The number of hydrazone groups is 1. The highest BCUT2D eigenvalue weighted by Crippen LogP contribution is 2.28. The van der Waals surface area contributed by atoms with Gasteiger partial charge in [0.05, 0.1) is 23.8 Å². The molecule has 0 saturated carbocycles. The summed E-state index contributed by atoms with van der Waals surface area (Å²) in [7, 11) is 1.43. The Morgan fingerprint density at radius 3 is 2.57 bits per heavy atom. The lowest BCUT2D eigenvalue weighted by Gasteiger charge is -2.10. The lowest BCUT2D eigenvalue weighted by Crippen LogP contribution is -2.16. The third kappa shape index (κ3) is 4.80. The molecule has 0 spiro atoms. The fraction of sp³-hybridized carbons (Fsp3) is 0.0500. The molecule has 0 aliphatic carbocycles. The van der Waals surface area contributed by atoms with Crippen LogP contribution in [0.1, 0.15) is 25.6 Å². The van der Waals surface area contributed by atoms with E-state index in [-0.39, 0.29) is 17.2 Å².